The largest absolute Gasteiger partial charge is 0.303 e. The van der Waals surface area contributed by atoms with Crippen LogP contribution in [0.4, 0.5) is 0 Å². The zero-order valence-electron chi connectivity index (χ0n) is 9.13. The molecule has 0 bridgehead atoms. The summed E-state index contributed by atoms with van der Waals surface area (Å²) in [5.41, 5.74) is 1.08. The summed E-state index contributed by atoms with van der Waals surface area (Å²) in [6.07, 6.45) is 13.4. The van der Waals surface area contributed by atoms with Crippen LogP contribution in [0.3, 0.4) is 0 Å². The number of hydrogen-bond acceptors (Lipinski definition) is 3. The molecule has 0 spiro atoms. The molecule has 0 amide bonds. The van der Waals surface area contributed by atoms with Gasteiger partial charge in [-0.15, -0.1) is 0 Å². The van der Waals surface area contributed by atoms with Crippen LogP contribution in [0, 0.1) is 0 Å². The molecule has 1 aromatic heterocycles. The molecule has 2 rings (SSSR count). The van der Waals surface area contributed by atoms with E-state index in [-0.39, 0.29) is 0 Å². The highest BCUT2D eigenvalue weighted by molar-refractivity contribution is 5.46. The fourth-order valence-electron chi connectivity index (χ4n) is 2.03. The van der Waals surface area contributed by atoms with E-state index in [4.69, 9.17) is 0 Å². The maximum Gasteiger partial charge on any atom is 0.115 e. The van der Waals surface area contributed by atoms with Gasteiger partial charge in [0.05, 0.1) is 0 Å². The van der Waals surface area contributed by atoms with E-state index >= 15 is 0 Å². The van der Waals surface area contributed by atoms with Crippen LogP contribution in [0.5, 0.6) is 0 Å². The van der Waals surface area contributed by atoms with Crippen LogP contribution in [0.15, 0.2) is 24.8 Å². The Morgan fingerprint density at radius 3 is 2.93 bits per heavy atom. The molecule has 1 aromatic rings. The second kappa shape index (κ2) is 5.03. The quantitative estimate of drug-likeness (QED) is 0.752. The van der Waals surface area contributed by atoms with E-state index in [1.165, 1.54) is 19.4 Å². The van der Waals surface area contributed by atoms with Crippen LogP contribution in [-0.2, 0) is 0 Å². The minimum atomic E-state index is 0.728. The van der Waals surface area contributed by atoms with E-state index in [9.17, 15) is 0 Å². The van der Waals surface area contributed by atoms with Crippen molar-refractivity contribution in [2.24, 2.45) is 0 Å². The van der Waals surface area contributed by atoms with Gasteiger partial charge in [0.15, 0.2) is 0 Å². The lowest BCUT2D eigenvalue weighted by molar-refractivity contribution is 0.313. The molecule has 0 aromatic carbocycles. The van der Waals surface area contributed by atoms with Crippen LogP contribution < -0.4 is 0 Å². The molecule has 15 heavy (non-hydrogen) atoms. The van der Waals surface area contributed by atoms with Gasteiger partial charge in [-0.25, -0.2) is 9.97 Å². The lowest BCUT2D eigenvalue weighted by Crippen LogP contribution is -2.23. The molecule has 0 N–H and O–H groups in total. The highest BCUT2D eigenvalue weighted by atomic mass is 15.1. The van der Waals surface area contributed by atoms with Crippen molar-refractivity contribution in [3.63, 3.8) is 0 Å². The van der Waals surface area contributed by atoms with Crippen molar-refractivity contribution in [3.05, 3.63) is 30.4 Å². The van der Waals surface area contributed by atoms with Gasteiger partial charge in [-0.3, -0.25) is 0 Å². The van der Waals surface area contributed by atoms with Crippen molar-refractivity contribution in [3.8, 4) is 0 Å². The van der Waals surface area contributed by atoms with Crippen molar-refractivity contribution in [1.29, 1.82) is 0 Å². The fraction of sp³-hybridized carbons (Fsp3) is 0.500. The minimum Gasteiger partial charge on any atom is -0.303 e. The van der Waals surface area contributed by atoms with Crippen LogP contribution in [0.2, 0.25) is 0 Å². The third kappa shape index (κ3) is 2.86. The SMILES string of the molecule is CN1CCCC1CC=Cc1cncnc1. The van der Waals surface area contributed by atoms with Gasteiger partial charge in [0.25, 0.3) is 0 Å². The van der Waals surface area contributed by atoms with Gasteiger partial charge in [-0.1, -0.05) is 12.2 Å². The van der Waals surface area contributed by atoms with E-state index in [2.05, 4.69) is 34.1 Å². The van der Waals surface area contributed by atoms with E-state index in [1.807, 2.05) is 12.4 Å². The highest BCUT2D eigenvalue weighted by Crippen LogP contribution is 2.18. The van der Waals surface area contributed by atoms with E-state index in [1.54, 1.807) is 6.33 Å². The Kier molecular flexibility index (Phi) is 3.45. The Labute approximate surface area is 90.9 Å². The zero-order valence-corrected chi connectivity index (χ0v) is 9.13. The minimum absolute atomic E-state index is 0.728. The zero-order chi connectivity index (χ0) is 10.5. The number of likely N-dealkylation sites (tertiary alicyclic amines) is 1. The van der Waals surface area contributed by atoms with Gasteiger partial charge in [0.1, 0.15) is 6.33 Å². The average molecular weight is 203 g/mol. The van der Waals surface area contributed by atoms with E-state index in [0.29, 0.717) is 0 Å². The summed E-state index contributed by atoms with van der Waals surface area (Å²) < 4.78 is 0. The number of aromatic nitrogens is 2. The molecule has 1 aliphatic heterocycles. The topological polar surface area (TPSA) is 29.0 Å². The van der Waals surface area contributed by atoms with Crippen molar-refractivity contribution < 1.29 is 0 Å². The molecule has 1 atom stereocenters. The van der Waals surface area contributed by atoms with Crippen molar-refractivity contribution in [1.82, 2.24) is 14.9 Å². The molecule has 1 unspecified atom stereocenters. The first kappa shape index (κ1) is 10.3. The second-order valence-electron chi connectivity index (χ2n) is 4.09. The lowest BCUT2D eigenvalue weighted by atomic mass is 10.1. The Bertz CT molecular complexity index is 321. The molecule has 0 aliphatic carbocycles. The smallest absolute Gasteiger partial charge is 0.115 e. The first-order valence-corrected chi connectivity index (χ1v) is 5.48. The third-order valence-electron chi connectivity index (χ3n) is 2.97. The van der Waals surface area contributed by atoms with E-state index in [0.717, 1.165) is 18.0 Å². The molecular weight excluding hydrogens is 186 g/mol. The van der Waals surface area contributed by atoms with E-state index < -0.39 is 0 Å². The molecule has 3 nitrogen and oxygen atoms in total. The number of hydrogen-bond donors (Lipinski definition) is 0. The molecule has 3 heteroatoms. The molecule has 80 valence electrons. The highest BCUT2D eigenvalue weighted by Gasteiger charge is 2.18. The van der Waals surface area contributed by atoms with Gasteiger partial charge in [-0.05, 0) is 32.9 Å². The Hall–Kier alpha value is -1.22. The standard InChI is InChI=1S/C12H17N3/c1-15-7-3-6-12(15)5-2-4-11-8-13-10-14-9-11/h2,4,8-10,12H,3,5-7H2,1H3. The van der Waals surface area contributed by atoms with Gasteiger partial charge in [0.2, 0.25) is 0 Å². The summed E-state index contributed by atoms with van der Waals surface area (Å²) in [5, 5.41) is 0. The molecule has 1 fully saturated rings. The van der Waals surface area contributed by atoms with Crippen LogP contribution in [0.1, 0.15) is 24.8 Å². The monoisotopic (exact) mass is 203 g/mol. The van der Waals surface area contributed by atoms with Gasteiger partial charge >= 0.3 is 0 Å². The Morgan fingerprint density at radius 1 is 1.47 bits per heavy atom. The maximum absolute atomic E-state index is 3.98. The predicted octanol–water partition coefficient (Wildman–Crippen LogP) is 1.97. The third-order valence-corrected chi connectivity index (χ3v) is 2.97. The van der Waals surface area contributed by atoms with Gasteiger partial charge < -0.3 is 4.90 Å². The molecule has 0 saturated carbocycles. The molecule has 1 aliphatic rings. The van der Waals surface area contributed by atoms with Crippen molar-refractivity contribution in [2.45, 2.75) is 25.3 Å². The predicted molar refractivity (Wildman–Crippen MR) is 61.3 cm³/mol. The van der Waals surface area contributed by atoms with Crippen LogP contribution in [0.25, 0.3) is 6.08 Å². The Balaban J connectivity index is 1.85. The Morgan fingerprint density at radius 2 is 2.27 bits per heavy atom. The summed E-state index contributed by atoms with van der Waals surface area (Å²) in [5.74, 6) is 0. The van der Waals surface area contributed by atoms with Gasteiger partial charge in [0, 0.05) is 24.0 Å². The van der Waals surface area contributed by atoms with Crippen LogP contribution in [-0.4, -0.2) is 34.5 Å². The summed E-state index contributed by atoms with van der Waals surface area (Å²) in [4.78, 5) is 10.4. The summed E-state index contributed by atoms with van der Waals surface area (Å²) in [7, 11) is 2.21. The number of rotatable bonds is 3. The normalized spacial score (nSPS) is 22.6. The van der Waals surface area contributed by atoms with Crippen LogP contribution >= 0.6 is 0 Å². The lowest BCUT2D eigenvalue weighted by Gasteiger charge is -2.16. The van der Waals surface area contributed by atoms with Gasteiger partial charge in [-0.2, -0.15) is 0 Å². The first-order valence-electron chi connectivity index (χ1n) is 5.48. The fourth-order valence-corrected chi connectivity index (χ4v) is 2.03. The first-order chi connectivity index (χ1) is 7.36. The second-order valence-corrected chi connectivity index (χ2v) is 4.09. The summed E-state index contributed by atoms with van der Waals surface area (Å²) in [6.45, 7) is 1.24. The van der Waals surface area contributed by atoms with Crippen molar-refractivity contribution >= 4 is 6.08 Å². The molecule has 0 radical (unpaired) electrons. The van der Waals surface area contributed by atoms with Crippen molar-refractivity contribution in [2.75, 3.05) is 13.6 Å². The molecule has 2 heterocycles. The molecular formula is C12H17N3. The summed E-state index contributed by atoms with van der Waals surface area (Å²) in [6, 6.07) is 0.728. The molecule has 1 saturated heterocycles. The number of nitrogens with zero attached hydrogens (tertiary/aromatic N) is 3. The summed E-state index contributed by atoms with van der Waals surface area (Å²) >= 11 is 0. The average Bonchev–Trinajstić information content (AvgIpc) is 2.66. The maximum atomic E-state index is 3.98.